The van der Waals surface area contributed by atoms with Gasteiger partial charge < -0.3 is 5.32 Å². The number of piperazine rings is 1. The van der Waals surface area contributed by atoms with E-state index in [-0.39, 0.29) is 11.9 Å². The summed E-state index contributed by atoms with van der Waals surface area (Å²) in [4.78, 5) is 21.1. The third-order valence-corrected chi connectivity index (χ3v) is 5.22. The summed E-state index contributed by atoms with van der Waals surface area (Å²) >= 11 is 11.9. The minimum Gasteiger partial charge on any atom is -0.322 e. The Labute approximate surface area is 163 Å². The number of benzene rings is 1. The first-order valence-electron chi connectivity index (χ1n) is 8.65. The van der Waals surface area contributed by atoms with E-state index >= 15 is 0 Å². The number of carbonyl (C=O) groups is 1. The summed E-state index contributed by atoms with van der Waals surface area (Å²) in [5.41, 5.74) is 1.80. The molecular formula is C19H22Cl2N4O. The van der Waals surface area contributed by atoms with Crippen molar-refractivity contribution in [3.8, 4) is 0 Å². The summed E-state index contributed by atoms with van der Waals surface area (Å²) in [7, 11) is 0. The van der Waals surface area contributed by atoms with Crippen molar-refractivity contribution in [2.24, 2.45) is 0 Å². The predicted molar refractivity (Wildman–Crippen MR) is 106 cm³/mol. The van der Waals surface area contributed by atoms with Crippen LogP contribution in [0.15, 0.2) is 42.6 Å². The van der Waals surface area contributed by atoms with Crippen LogP contribution in [0.1, 0.15) is 12.5 Å². The van der Waals surface area contributed by atoms with Crippen LogP contribution in [0.25, 0.3) is 0 Å². The second-order valence-corrected chi connectivity index (χ2v) is 7.24. The number of rotatable bonds is 5. The Bertz CT molecular complexity index is 745. The Kier molecular flexibility index (Phi) is 6.48. The van der Waals surface area contributed by atoms with Crippen molar-refractivity contribution in [3.63, 3.8) is 0 Å². The smallest absolute Gasteiger partial charge is 0.241 e. The highest BCUT2D eigenvalue weighted by molar-refractivity contribution is 6.32. The molecule has 1 fully saturated rings. The number of amides is 1. The largest absolute Gasteiger partial charge is 0.322 e. The Morgan fingerprint density at radius 2 is 1.85 bits per heavy atom. The average molecular weight is 393 g/mol. The molecule has 1 saturated heterocycles. The van der Waals surface area contributed by atoms with Gasteiger partial charge in [-0.05, 0) is 36.8 Å². The van der Waals surface area contributed by atoms with Gasteiger partial charge in [-0.15, -0.1) is 0 Å². The molecule has 1 aromatic carbocycles. The average Bonchev–Trinajstić information content (AvgIpc) is 2.65. The molecule has 1 aromatic heterocycles. The Balaban J connectivity index is 1.50. The van der Waals surface area contributed by atoms with E-state index in [4.69, 9.17) is 23.2 Å². The number of carbonyl (C=O) groups excluding carboxylic acids is 1. The van der Waals surface area contributed by atoms with Crippen LogP contribution in [0.3, 0.4) is 0 Å². The minimum absolute atomic E-state index is 0.0638. The number of halogens is 2. The first-order chi connectivity index (χ1) is 12.5. The number of hydrogen-bond donors (Lipinski definition) is 1. The third-order valence-electron chi connectivity index (χ3n) is 4.67. The first-order valence-corrected chi connectivity index (χ1v) is 9.41. The van der Waals surface area contributed by atoms with E-state index < -0.39 is 0 Å². The van der Waals surface area contributed by atoms with Gasteiger partial charge in [-0.3, -0.25) is 14.6 Å². The summed E-state index contributed by atoms with van der Waals surface area (Å²) in [5, 5.41) is 3.93. The zero-order chi connectivity index (χ0) is 18.5. The Morgan fingerprint density at radius 1 is 1.15 bits per heavy atom. The minimum atomic E-state index is -0.219. The van der Waals surface area contributed by atoms with E-state index in [1.54, 1.807) is 18.3 Å². The molecule has 1 N–H and O–H groups in total. The van der Waals surface area contributed by atoms with Crippen LogP contribution in [0.5, 0.6) is 0 Å². The summed E-state index contributed by atoms with van der Waals surface area (Å²) in [6.07, 6.45) is 1.60. The highest BCUT2D eigenvalue weighted by Crippen LogP contribution is 2.19. The van der Waals surface area contributed by atoms with Gasteiger partial charge in [0.05, 0.1) is 11.7 Å². The number of nitrogens with zero attached hydrogens (tertiary/aromatic N) is 3. The molecule has 26 heavy (non-hydrogen) atoms. The Morgan fingerprint density at radius 3 is 2.50 bits per heavy atom. The zero-order valence-corrected chi connectivity index (χ0v) is 16.2. The molecule has 7 heteroatoms. The summed E-state index contributed by atoms with van der Waals surface area (Å²) in [6, 6.07) is 11.2. The maximum absolute atomic E-state index is 12.5. The van der Waals surface area contributed by atoms with Crippen molar-refractivity contribution >= 4 is 34.8 Å². The van der Waals surface area contributed by atoms with E-state index in [0.717, 1.165) is 37.7 Å². The number of anilines is 1. The SMILES string of the molecule is CC(C(=O)Nc1cccnc1Cl)N1CCN(Cc2ccc(Cl)cc2)CC1. The Hall–Kier alpha value is -1.66. The summed E-state index contributed by atoms with van der Waals surface area (Å²) in [6.45, 7) is 6.37. The third kappa shape index (κ3) is 4.95. The molecule has 1 amide bonds. The van der Waals surface area contributed by atoms with Crippen LogP contribution in [0, 0.1) is 0 Å². The van der Waals surface area contributed by atoms with Gasteiger partial charge in [-0.1, -0.05) is 35.3 Å². The molecule has 0 aliphatic carbocycles. The van der Waals surface area contributed by atoms with Crippen molar-refractivity contribution in [3.05, 3.63) is 58.3 Å². The van der Waals surface area contributed by atoms with Gasteiger partial charge in [0.15, 0.2) is 5.15 Å². The lowest BCUT2D eigenvalue weighted by Crippen LogP contribution is -2.52. The topological polar surface area (TPSA) is 48.5 Å². The fourth-order valence-electron chi connectivity index (χ4n) is 3.04. The van der Waals surface area contributed by atoms with E-state index in [9.17, 15) is 4.79 Å². The van der Waals surface area contributed by atoms with Gasteiger partial charge in [0.1, 0.15) is 0 Å². The highest BCUT2D eigenvalue weighted by Gasteiger charge is 2.26. The van der Waals surface area contributed by atoms with Crippen LogP contribution in [0.4, 0.5) is 5.69 Å². The normalized spacial score (nSPS) is 17.0. The molecule has 0 bridgehead atoms. The van der Waals surface area contributed by atoms with Crippen LogP contribution in [-0.4, -0.2) is 52.9 Å². The van der Waals surface area contributed by atoms with Gasteiger partial charge in [-0.2, -0.15) is 0 Å². The number of nitrogens with one attached hydrogen (secondary N) is 1. The van der Waals surface area contributed by atoms with E-state index in [1.165, 1.54) is 5.56 Å². The second-order valence-electron chi connectivity index (χ2n) is 6.45. The lowest BCUT2D eigenvalue weighted by molar-refractivity contribution is -0.121. The molecule has 138 valence electrons. The zero-order valence-electron chi connectivity index (χ0n) is 14.7. The summed E-state index contributed by atoms with van der Waals surface area (Å²) in [5.74, 6) is -0.0638. The molecule has 5 nitrogen and oxygen atoms in total. The maximum Gasteiger partial charge on any atom is 0.241 e. The molecule has 0 saturated carbocycles. The lowest BCUT2D eigenvalue weighted by atomic mass is 10.1. The van der Waals surface area contributed by atoms with Gasteiger partial charge in [0.2, 0.25) is 5.91 Å². The standard InChI is InChI=1S/C19H22Cl2N4O/c1-14(19(26)23-17-3-2-8-22-18(17)21)25-11-9-24(10-12-25)13-15-4-6-16(20)7-5-15/h2-8,14H,9-13H2,1H3,(H,23,26). The van der Waals surface area contributed by atoms with E-state index in [0.29, 0.717) is 10.8 Å². The van der Waals surface area contributed by atoms with E-state index in [2.05, 4.69) is 32.2 Å². The number of aromatic nitrogens is 1. The first kappa shape index (κ1) is 19.1. The molecule has 2 heterocycles. The molecule has 0 radical (unpaired) electrons. The molecule has 2 aromatic rings. The predicted octanol–water partition coefficient (Wildman–Crippen LogP) is 3.53. The van der Waals surface area contributed by atoms with Crippen molar-refractivity contribution in [2.45, 2.75) is 19.5 Å². The fourth-order valence-corrected chi connectivity index (χ4v) is 3.33. The summed E-state index contributed by atoms with van der Waals surface area (Å²) < 4.78 is 0. The monoisotopic (exact) mass is 392 g/mol. The van der Waals surface area contributed by atoms with Crippen molar-refractivity contribution in [1.29, 1.82) is 0 Å². The molecule has 0 spiro atoms. The van der Waals surface area contributed by atoms with Crippen LogP contribution in [-0.2, 0) is 11.3 Å². The van der Waals surface area contributed by atoms with Gasteiger partial charge in [-0.25, -0.2) is 4.98 Å². The van der Waals surface area contributed by atoms with Crippen LogP contribution >= 0.6 is 23.2 Å². The molecular weight excluding hydrogens is 371 g/mol. The number of hydrogen-bond acceptors (Lipinski definition) is 4. The number of pyridine rings is 1. The van der Waals surface area contributed by atoms with Gasteiger partial charge in [0, 0.05) is 43.9 Å². The fraction of sp³-hybridized carbons (Fsp3) is 0.368. The van der Waals surface area contributed by atoms with Gasteiger partial charge >= 0.3 is 0 Å². The van der Waals surface area contributed by atoms with Crippen molar-refractivity contribution in [2.75, 3.05) is 31.5 Å². The lowest BCUT2D eigenvalue weighted by Gasteiger charge is -2.37. The molecule has 3 rings (SSSR count). The maximum atomic E-state index is 12.5. The molecule has 1 unspecified atom stereocenters. The van der Waals surface area contributed by atoms with E-state index in [1.807, 2.05) is 19.1 Å². The van der Waals surface area contributed by atoms with Crippen molar-refractivity contribution in [1.82, 2.24) is 14.8 Å². The highest BCUT2D eigenvalue weighted by atomic mass is 35.5. The molecule has 1 aliphatic heterocycles. The second kappa shape index (κ2) is 8.82. The van der Waals surface area contributed by atoms with Crippen molar-refractivity contribution < 1.29 is 4.79 Å². The molecule has 1 aliphatic rings. The molecule has 1 atom stereocenters. The quantitative estimate of drug-likeness (QED) is 0.790. The van der Waals surface area contributed by atoms with Crippen LogP contribution in [0.2, 0.25) is 10.2 Å². The van der Waals surface area contributed by atoms with Gasteiger partial charge in [0.25, 0.3) is 0 Å². The van der Waals surface area contributed by atoms with Crippen LogP contribution < -0.4 is 5.32 Å².